The van der Waals surface area contributed by atoms with Crippen molar-refractivity contribution >= 4 is 5.69 Å². The number of aryl methyl sites for hydroxylation is 1. The third-order valence-electron chi connectivity index (χ3n) is 2.12. The Hall–Kier alpha value is -1.46. The van der Waals surface area contributed by atoms with Gasteiger partial charge in [0, 0.05) is 12.1 Å². The monoisotopic (exact) mass is 211 g/mol. The molecule has 1 atom stereocenters. The van der Waals surface area contributed by atoms with E-state index in [4.69, 9.17) is 10.2 Å². The molecule has 1 rings (SSSR count). The van der Waals surface area contributed by atoms with Crippen molar-refractivity contribution in [3.8, 4) is 0 Å². The number of aliphatic hydroxyl groups excluding tert-OH is 2. The Morgan fingerprint density at radius 2 is 1.93 bits per heavy atom. The van der Waals surface area contributed by atoms with Gasteiger partial charge in [0.2, 0.25) is 0 Å². The normalized spacial score (nSPS) is 12.4. The van der Waals surface area contributed by atoms with E-state index in [2.05, 4.69) is 0 Å². The van der Waals surface area contributed by atoms with E-state index in [1.165, 1.54) is 12.1 Å². The first kappa shape index (κ1) is 11.6. The van der Waals surface area contributed by atoms with E-state index in [-0.39, 0.29) is 12.3 Å². The van der Waals surface area contributed by atoms with E-state index in [9.17, 15) is 10.1 Å². The zero-order valence-corrected chi connectivity index (χ0v) is 8.17. The number of nitro groups is 1. The zero-order valence-electron chi connectivity index (χ0n) is 8.17. The maximum Gasteiger partial charge on any atom is 0.269 e. The molecule has 5 nitrogen and oxygen atoms in total. The van der Waals surface area contributed by atoms with Gasteiger partial charge in [0.05, 0.1) is 17.6 Å². The molecule has 5 heteroatoms. The molecule has 0 radical (unpaired) electrons. The Bertz CT molecular complexity index is 323. The Kier molecular flexibility index (Phi) is 4.20. The van der Waals surface area contributed by atoms with Crippen LogP contribution in [0.3, 0.4) is 0 Å². The number of nitrogens with zero attached hydrogens (tertiary/aromatic N) is 1. The first-order chi connectivity index (χ1) is 7.13. The Morgan fingerprint density at radius 3 is 2.40 bits per heavy atom. The molecule has 0 aliphatic rings. The Morgan fingerprint density at radius 1 is 1.33 bits per heavy atom. The highest BCUT2D eigenvalue weighted by molar-refractivity contribution is 5.32. The predicted octanol–water partition coefficient (Wildman–Crippen LogP) is 0.881. The smallest absolute Gasteiger partial charge is 0.269 e. The highest BCUT2D eigenvalue weighted by Crippen LogP contribution is 2.13. The number of aliphatic hydroxyl groups is 2. The van der Waals surface area contributed by atoms with Crippen molar-refractivity contribution in [3.63, 3.8) is 0 Å². The van der Waals surface area contributed by atoms with Gasteiger partial charge in [0.25, 0.3) is 5.69 Å². The lowest BCUT2D eigenvalue weighted by molar-refractivity contribution is -0.384. The average Bonchev–Trinajstić information content (AvgIpc) is 2.26. The predicted molar refractivity (Wildman–Crippen MR) is 54.5 cm³/mol. The lowest BCUT2D eigenvalue weighted by Gasteiger charge is -2.06. The number of nitro benzene ring substituents is 1. The minimum Gasteiger partial charge on any atom is -0.394 e. The quantitative estimate of drug-likeness (QED) is 0.559. The van der Waals surface area contributed by atoms with Crippen LogP contribution in [0.5, 0.6) is 0 Å². The molecule has 0 aliphatic carbocycles. The topological polar surface area (TPSA) is 83.6 Å². The van der Waals surface area contributed by atoms with Crippen molar-refractivity contribution < 1.29 is 15.1 Å². The van der Waals surface area contributed by atoms with Gasteiger partial charge in [-0.2, -0.15) is 0 Å². The maximum absolute atomic E-state index is 10.4. The van der Waals surface area contributed by atoms with Crippen molar-refractivity contribution in [3.05, 3.63) is 39.9 Å². The van der Waals surface area contributed by atoms with E-state index in [0.29, 0.717) is 12.8 Å². The van der Waals surface area contributed by atoms with Crippen LogP contribution in [0.1, 0.15) is 12.0 Å². The zero-order chi connectivity index (χ0) is 11.3. The van der Waals surface area contributed by atoms with E-state index in [1.807, 2.05) is 0 Å². The first-order valence-corrected chi connectivity index (χ1v) is 4.65. The highest BCUT2D eigenvalue weighted by Gasteiger charge is 2.05. The highest BCUT2D eigenvalue weighted by atomic mass is 16.6. The second kappa shape index (κ2) is 5.43. The van der Waals surface area contributed by atoms with Gasteiger partial charge in [-0.15, -0.1) is 0 Å². The SMILES string of the molecule is O=[N+]([O-])c1ccc(CCC(O)CO)cc1. The third kappa shape index (κ3) is 3.65. The molecule has 0 fully saturated rings. The van der Waals surface area contributed by atoms with E-state index in [1.54, 1.807) is 12.1 Å². The van der Waals surface area contributed by atoms with Crippen LogP contribution >= 0.6 is 0 Å². The molecule has 1 aromatic carbocycles. The number of rotatable bonds is 5. The van der Waals surface area contributed by atoms with Crippen LogP contribution in [0, 0.1) is 10.1 Å². The summed E-state index contributed by atoms with van der Waals surface area (Å²) >= 11 is 0. The van der Waals surface area contributed by atoms with E-state index < -0.39 is 11.0 Å². The molecule has 0 heterocycles. The molecule has 0 spiro atoms. The fourth-order valence-corrected chi connectivity index (χ4v) is 1.21. The Balaban J connectivity index is 2.53. The number of benzene rings is 1. The van der Waals surface area contributed by atoms with Gasteiger partial charge in [0.1, 0.15) is 0 Å². The van der Waals surface area contributed by atoms with Crippen molar-refractivity contribution in [2.75, 3.05) is 6.61 Å². The van der Waals surface area contributed by atoms with Gasteiger partial charge >= 0.3 is 0 Å². The summed E-state index contributed by atoms with van der Waals surface area (Å²) in [7, 11) is 0. The summed E-state index contributed by atoms with van der Waals surface area (Å²) in [5, 5.41) is 28.1. The molecule has 1 unspecified atom stereocenters. The van der Waals surface area contributed by atoms with Gasteiger partial charge in [-0.1, -0.05) is 12.1 Å². The molecule has 0 saturated heterocycles. The molecule has 0 bridgehead atoms. The molecule has 15 heavy (non-hydrogen) atoms. The summed E-state index contributed by atoms with van der Waals surface area (Å²) in [5.41, 5.74) is 0.967. The first-order valence-electron chi connectivity index (χ1n) is 4.65. The van der Waals surface area contributed by atoms with Crippen LogP contribution in [0.2, 0.25) is 0 Å². The van der Waals surface area contributed by atoms with Gasteiger partial charge in [-0.3, -0.25) is 10.1 Å². The van der Waals surface area contributed by atoms with Gasteiger partial charge in [0.15, 0.2) is 0 Å². The maximum atomic E-state index is 10.4. The van der Waals surface area contributed by atoms with Gasteiger partial charge in [-0.25, -0.2) is 0 Å². The fourth-order valence-electron chi connectivity index (χ4n) is 1.21. The summed E-state index contributed by atoms with van der Waals surface area (Å²) < 4.78 is 0. The number of non-ortho nitro benzene ring substituents is 1. The average molecular weight is 211 g/mol. The van der Waals surface area contributed by atoms with Crippen LogP contribution in [-0.2, 0) is 6.42 Å². The third-order valence-corrected chi connectivity index (χ3v) is 2.12. The summed E-state index contributed by atoms with van der Waals surface area (Å²) in [4.78, 5) is 9.91. The molecule has 0 saturated carbocycles. The van der Waals surface area contributed by atoms with Crippen molar-refractivity contribution in [2.45, 2.75) is 18.9 Å². The molecule has 82 valence electrons. The van der Waals surface area contributed by atoms with Crippen molar-refractivity contribution in [1.29, 1.82) is 0 Å². The molecule has 1 aromatic rings. The van der Waals surface area contributed by atoms with Crippen molar-refractivity contribution in [2.24, 2.45) is 0 Å². The standard InChI is InChI=1S/C10H13NO4/c12-7-10(13)6-3-8-1-4-9(5-2-8)11(14)15/h1-2,4-5,10,12-13H,3,6-7H2. The van der Waals surface area contributed by atoms with Crippen LogP contribution in [-0.4, -0.2) is 27.8 Å². The van der Waals surface area contributed by atoms with Crippen LogP contribution in [0.4, 0.5) is 5.69 Å². The Labute approximate surface area is 87.1 Å². The summed E-state index contributed by atoms with van der Waals surface area (Å²) in [6, 6.07) is 6.17. The van der Waals surface area contributed by atoms with Crippen LogP contribution in [0.25, 0.3) is 0 Å². The van der Waals surface area contributed by atoms with E-state index in [0.717, 1.165) is 5.56 Å². The minimum absolute atomic E-state index is 0.0569. The summed E-state index contributed by atoms with van der Waals surface area (Å²) in [6.45, 7) is -0.257. The number of hydrogen-bond acceptors (Lipinski definition) is 4. The molecule has 2 N–H and O–H groups in total. The lowest BCUT2D eigenvalue weighted by atomic mass is 10.1. The van der Waals surface area contributed by atoms with Crippen LogP contribution < -0.4 is 0 Å². The summed E-state index contributed by atoms with van der Waals surface area (Å²) in [5.74, 6) is 0. The van der Waals surface area contributed by atoms with E-state index >= 15 is 0 Å². The number of hydrogen-bond donors (Lipinski definition) is 2. The largest absolute Gasteiger partial charge is 0.394 e. The van der Waals surface area contributed by atoms with Gasteiger partial charge in [-0.05, 0) is 18.4 Å². The molecular weight excluding hydrogens is 198 g/mol. The second-order valence-corrected chi connectivity index (χ2v) is 3.30. The second-order valence-electron chi connectivity index (χ2n) is 3.30. The molecule has 0 aliphatic heterocycles. The fraction of sp³-hybridized carbons (Fsp3) is 0.400. The van der Waals surface area contributed by atoms with Gasteiger partial charge < -0.3 is 10.2 Å². The molecule has 0 amide bonds. The van der Waals surface area contributed by atoms with Crippen LogP contribution in [0.15, 0.2) is 24.3 Å². The lowest BCUT2D eigenvalue weighted by Crippen LogP contribution is -2.12. The molecular formula is C10H13NO4. The molecule has 0 aromatic heterocycles. The minimum atomic E-state index is -0.722. The summed E-state index contributed by atoms with van der Waals surface area (Å²) in [6.07, 6.45) is 0.328. The van der Waals surface area contributed by atoms with Crippen molar-refractivity contribution in [1.82, 2.24) is 0 Å².